The van der Waals surface area contributed by atoms with Gasteiger partial charge in [0.25, 0.3) is 0 Å². The third-order valence-electron chi connectivity index (χ3n) is 4.63. The van der Waals surface area contributed by atoms with Crippen LogP contribution in [0.5, 0.6) is 0 Å². The molecule has 0 spiro atoms. The Bertz CT molecular complexity index is 221. The second-order valence-corrected chi connectivity index (χ2v) is 7.70. The van der Waals surface area contributed by atoms with E-state index in [1.807, 2.05) is 0 Å². The highest BCUT2D eigenvalue weighted by molar-refractivity contribution is 7.99. The first-order chi connectivity index (χ1) is 7.59. The third kappa shape index (κ3) is 2.95. The molecule has 2 rings (SSSR count). The molecule has 2 unspecified atom stereocenters. The van der Waals surface area contributed by atoms with E-state index in [2.05, 4.69) is 25.6 Å². The van der Waals surface area contributed by atoms with Crippen molar-refractivity contribution in [2.24, 2.45) is 17.1 Å². The minimum atomic E-state index is 0.367. The van der Waals surface area contributed by atoms with E-state index < -0.39 is 0 Å². The maximum absolute atomic E-state index is 6.42. The highest BCUT2D eigenvalue weighted by atomic mass is 32.2. The molecule has 0 bridgehead atoms. The predicted molar refractivity (Wildman–Crippen MR) is 73.8 cm³/mol. The van der Waals surface area contributed by atoms with Crippen molar-refractivity contribution >= 4 is 11.8 Å². The average Bonchev–Trinajstić information content (AvgIpc) is 2.73. The van der Waals surface area contributed by atoms with Gasteiger partial charge in [0, 0.05) is 11.3 Å². The second-order valence-electron chi connectivity index (χ2n) is 6.43. The standard InChI is InChI=1S/C14H27NS/c1-14(2)9-5-8-12(13(14)15)16-10-11-6-3-4-7-11/h11-13H,3-10,15H2,1-2H3. The van der Waals surface area contributed by atoms with Crippen LogP contribution in [0.3, 0.4) is 0 Å². The minimum absolute atomic E-state index is 0.367. The molecule has 2 heteroatoms. The van der Waals surface area contributed by atoms with Crippen LogP contribution in [0.4, 0.5) is 0 Å². The fourth-order valence-electron chi connectivity index (χ4n) is 3.23. The molecule has 2 atom stereocenters. The van der Waals surface area contributed by atoms with Gasteiger partial charge in [0.1, 0.15) is 0 Å². The fourth-order valence-corrected chi connectivity index (χ4v) is 4.99. The zero-order valence-electron chi connectivity index (χ0n) is 10.9. The highest BCUT2D eigenvalue weighted by Crippen LogP contribution is 2.41. The summed E-state index contributed by atoms with van der Waals surface area (Å²) in [4.78, 5) is 0. The SMILES string of the molecule is CC1(C)CCCC(SCC2CCCC2)C1N. The average molecular weight is 241 g/mol. The van der Waals surface area contributed by atoms with E-state index in [4.69, 9.17) is 5.73 Å². The third-order valence-corrected chi connectivity index (χ3v) is 6.25. The molecule has 0 aromatic heterocycles. The molecule has 2 aliphatic carbocycles. The first kappa shape index (κ1) is 12.8. The van der Waals surface area contributed by atoms with Crippen LogP contribution in [0, 0.1) is 11.3 Å². The molecule has 2 fully saturated rings. The molecule has 0 aromatic rings. The molecule has 0 amide bonds. The van der Waals surface area contributed by atoms with Gasteiger partial charge in [-0.2, -0.15) is 11.8 Å². The van der Waals surface area contributed by atoms with Gasteiger partial charge in [-0.05, 0) is 42.8 Å². The van der Waals surface area contributed by atoms with Crippen LogP contribution in [0.1, 0.15) is 58.8 Å². The van der Waals surface area contributed by atoms with Gasteiger partial charge >= 0.3 is 0 Å². The highest BCUT2D eigenvalue weighted by Gasteiger charge is 2.36. The Balaban J connectivity index is 1.79. The summed E-state index contributed by atoms with van der Waals surface area (Å²) >= 11 is 2.18. The number of rotatable bonds is 3. The van der Waals surface area contributed by atoms with Gasteiger partial charge in [-0.3, -0.25) is 0 Å². The molecule has 0 radical (unpaired) electrons. The minimum Gasteiger partial charge on any atom is -0.326 e. The fraction of sp³-hybridized carbons (Fsp3) is 1.00. The van der Waals surface area contributed by atoms with E-state index >= 15 is 0 Å². The van der Waals surface area contributed by atoms with E-state index in [9.17, 15) is 0 Å². The van der Waals surface area contributed by atoms with Crippen LogP contribution >= 0.6 is 11.8 Å². The summed E-state index contributed by atoms with van der Waals surface area (Å²) in [7, 11) is 0. The molecule has 2 aliphatic rings. The quantitative estimate of drug-likeness (QED) is 0.813. The summed E-state index contributed by atoms with van der Waals surface area (Å²) in [6.45, 7) is 4.69. The van der Waals surface area contributed by atoms with Gasteiger partial charge < -0.3 is 5.73 Å². The van der Waals surface area contributed by atoms with E-state index in [1.54, 1.807) is 0 Å². The smallest absolute Gasteiger partial charge is 0.0211 e. The van der Waals surface area contributed by atoms with Crippen molar-refractivity contribution in [1.82, 2.24) is 0 Å². The van der Waals surface area contributed by atoms with Crippen LogP contribution in [-0.2, 0) is 0 Å². The van der Waals surface area contributed by atoms with Gasteiger partial charge in [-0.25, -0.2) is 0 Å². The summed E-state index contributed by atoms with van der Waals surface area (Å²) in [6, 6.07) is 0.410. The first-order valence-corrected chi connectivity index (χ1v) is 8.02. The summed E-state index contributed by atoms with van der Waals surface area (Å²) in [5.74, 6) is 2.37. The molecule has 2 N–H and O–H groups in total. The van der Waals surface area contributed by atoms with E-state index in [-0.39, 0.29) is 0 Å². The zero-order chi connectivity index (χ0) is 11.6. The number of nitrogens with two attached hydrogens (primary N) is 1. The monoisotopic (exact) mass is 241 g/mol. The molecule has 16 heavy (non-hydrogen) atoms. The Hall–Kier alpha value is 0.310. The zero-order valence-corrected chi connectivity index (χ0v) is 11.7. The van der Waals surface area contributed by atoms with Crippen molar-refractivity contribution < 1.29 is 0 Å². The Kier molecular flexibility index (Phi) is 4.23. The van der Waals surface area contributed by atoms with E-state index in [1.165, 1.54) is 50.7 Å². The van der Waals surface area contributed by atoms with Gasteiger partial charge in [0.05, 0.1) is 0 Å². The maximum atomic E-state index is 6.42. The van der Waals surface area contributed by atoms with Crippen LogP contribution < -0.4 is 5.73 Å². The molecule has 1 nitrogen and oxygen atoms in total. The lowest BCUT2D eigenvalue weighted by Crippen LogP contribution is -2.48. The normalized spacial score (nSPS) is 35.4. The molecular weight excluding hydrogens is 214 g/mol. The Morgan fingerprint density at radius 3 is 2.50 bits per heavy atom. The van der Waals surface area contributed by atoms with Gasteiger partial charge in [-0.15, -0.1) is 0 Å². The van der Waals surface area contributed by atoms with Crippen molar-refractivity contribution in [3.63, 3.8) is 0 Å². The lowest BCUT2D eigenvalue weighted by Gasteiger charge is -2.41. The van der Waals surface area contributed by atoms with Crippen molar-refractivity contribution in [3.05, 3.63) is 0 Å². The molecule has 0 aliphatic heterocycles. The van der Waals surface area contributed by atoms with Crippen molar-refractivity contribution in [2.45, 2.75) is 70.1 Å². The van der Waals surface area contributed by atoms with Crippen molar-refractivity contribution in [1.29, 1.82) is 0 Å². The lowest BCUT2D eigenvalue weighted by molar-refractivity contribution is 0.208. The van der Waals surface area contributed by atoms with Gasteiger partial charge in [0.15, 0.2) is 0 Å². The molecule has 0 aromatic carbocycles. The van der Waals surface area contributed by atoms with Gasteiger partial charge in [0.2, 0.25) is 0 Å². The summed E-state index contributed by atoms with van der Waals surface area (Å²) in [5.41, 5.74) is 6.79. The maximum Gasteiger partial charge on any atom is 0.0211 e. The lowest BCUT2D eigenvalue weighted by atomic mass is 9.73. The number of hydrogen-bond donors (Lipinski definition) is 1. The van der Waals surface area contributed by atoms with E-state index in [0.717, 1.165) is 11.2 Å². The number of hydrogen-bond acceptors (Lipinski definition) is 2. The molecule has 94 valence electrons. The summed E-state index contributed by atoms with van der Waals surface area (Å²) in [5, 5.41) is 0.726. The topological polar surface area (TPSA) is 26.0 Å². The Labute approximate surface area is 105 Å². The molecular formula is C14H27NS. The van der Waals surface area contributed by atoms with Crippen LogP contribution in [0.2, 0.25) is 0 Å². The Morgan fingerprint density at radius 2 is 1.81 bits per heavy atom. The summed E-state index contributed by atoms with van der Waals surface area (Å²) < 4.78 is 0. The molecule has 0 heterocycles. The van der Waals surface area contributed by atoms with Crippen LogP contribution in [0.15, 0.2) is 0 Å². The van der Waals surface area contributed by atoms with Crippen LogP contribution in [-0.4, -0.2) is 17.0 Å². The largest absolute Gasteiger partial charge is 0.326 e. The summed E-state index contributed by atoms with van der Waals surface area (Å²) in [6.07, 6.45) is 9.91. The van der Waals surface area contributed by atoms with Gasteiger partial charge in [-0.1, -0.05) is 33.1 Å². The van der Waals surface area contributed by atoms with Crippen molar-refractivity contribution in [3.8, 4) is 0 Å². The van der Waals surface area contributed by atoms with Crippen molar-refractivity contribution in [2.75, 3.05) is 5.75 Å². The number of thioether (sulfide) groups is 1. The predicted octanol–water partition coefficient (Wildman–Crippen LogP) is 3.82. The molecule has 0 saturated heterocycles. The Morgan fingerprint density at radius 1 is 1.12 bits per heavy atom. The first-order valence-electron chi connectivity index (χ1n) is 6.97. The van der Waals surface area contributed by atoms with E-state index in [0.29, 0.717) is 11.5 Å². The second kappa shape index (κ2) is 5.30. The van der Waals surface area contributed by atoms with Crippen LogP contribution in [0.25, 0.3) is 0 Å². The molecule has 2 saturated carbocycles.